The summed E-state index contributed by atoms with van der Waals surface area (Å²) in [6.07, 6.45) is 3.01. The molecule has 2 aliphatic rings. The summed E-state index contributed by atoms with van der Waals surface area (Å²) in [5.41, 5.74) is 0. The molecule has 0 radical (unpaired) electrons. The zero-order valence-electron chi connectivity index (χ0n) is 13.4. The smallest absolute Gasteiger partial charge is 0.152 e. The first-order valence-electron chi connectivity index (χ1n) is 8.29. The number of nitrogens with zero attached hydrogens (tertiary/aromatic N) is 1. The molecule has 0 aromatic carbocycles. The molecule has 0 aromatic heterocycles. The third kappa shape index (κ3) is 4.99. The normalized spacial score (nSPS) is 39.0. The highest BCUT2D eigenvalue weighted by molar-refractivity contribution is 5.21. The van der Waals surface area contributed by atoms with Crippen LogP contribution in [0.2, 0.25) is 0 Å². The van der Waals surface area contributed by atoms with Crippen molar-refractivity contribution in [1.82, 2.24) is 0 Å². The first-order valence-corrected chi connectivity index (χ1v) is 8.29. The van der Waals surface area contributed by atoms with Crippen LogP contribution in [0, 0.1) is 46.8 Å². The molecule has 0 aliphatic heterocycles. The van der Waals surface area contributed by atoms with Gasteiger partial charge < -0.3 is 0 Å². The van der Waals surface area contributed by atoms with Crippen LogP contribution in [0.3, 0.4) is 0 Å². The lowest BCUT2D eigenvalue weighted by atomic mass is 9.68. The maximum atomic E-state index is 14.1. The number of nitriles is 1. The largest absolute Gasteiger partial charge is 0.246 e. The third-order valence-electron chi connectivity index (χ3n) is 4.86. The molecule has 0 amide bonds. The molecule has 21 heavy (non-hydrogen) atoms. The summed E-state index contributed by atoms with van der Waals surface area (Å²) in [6, 6.07) is 1.64. The van der Waals surface area contributed by atoms with Gasteiger partial charge in [0.05, 0.1) is 5.92 Å². The van der Waals surface area contributed by atoms with E-state index in [9.17, 15) is 8.78 Å². The van der Waals surface area contributed by atoms with E-state index in [1.165, 1.54) is 12.8 Å². The zero-order chi connectivity index (χ0) is 15.8. The lowest BCUT2D eigenvalue weighted by Crippen LogP contribution is -2.38. The van der Waals surface area contributed by atoms with Crippen molar-refractivity contribution < 1.29 is 8.78 Å². The minimum Gasteiger partial charge on any atom is -0.246 e. The average molecular weight is 295 g/mol. The highest BCUT2D eigenvalue weighted by atomic mass is 19.1. The minimum atomic E-state index is -1.21. The van der Waals surface area contributed by atoms with Gasteiger partial charge in [-0.3, -0.25) is 0 Å². The minimum absolute atomic E-state index is 0.164. The Morgan fingerprint density at radius 2 is 1.43 bits per heavy atom. The standard InChI is InChI=1S/C16H21F2N.C2H6/c1-11-4-6-12(7-5-11)13-9-15(17)14(3-2-8-19)16(18)10-13;1-2/h11-16H,4-7,9-10H2,1H3;1-2H3. The predicted molar refractivity (Wildman–Crippen MR) is 81.9 cm³/mol. The Morgan fingerprint density at radius 3 is 1.90 bits per heavy atom. The lowest BCUT2D eigenvalue weighted by molar-refractivity contribution is 0.0396. The summed E-state index contributed by atoms with van der Waals surface area (Å²) < 4.78 is 28.1. The van der Waals surface area contributed by atoms with Gasteiger partial charge in [-0.15, -0.1) is 0 Å². The van der Waals surface area contributed by atoms with Crippen LogP contribution in [0.5, 0.6) is 0 Å². The number of halogens is 2. The van der Waals surface area contributed by atoms with Crippen LogP contribution in [0.25, 0.3) is 0 Å². The molecule has 2 aliphatic carbocycles. The summed E-state index contributed by atoms with van der Waals surface area (Å²) >= 11 is 0. The van der Waals surface area contributed by atoms with Crippen molar-refractivity contribution in [1.29, 1.82) is 5.26 Å². The molecule has 0 spiro atoms. The molecule has 118 valence electrons. The second kappa shape index (κ2) is 9.04. The average Bonchev–Trinajstić information content (AvgIpc) is 2.49. The molecule has 0 heterocycles. The van der Waals surface area contributed by atoms with Gasteiger partial charge in [-0.05, 0) is 43.4 Å². The van der Waals surface area contributed by atoms with E-state index >= 15 is 0 Å². The number of hydrogen-bond acceptors (Lipinski definition) is 1. The summed E-state index contributed by atoms with van der Waals surface area (Å²) in [6.45, 7) is 6.25. The summed E-state index contributed by atoms with van der Waals surface area (Å²) in [5, 5.41) is 8.38. The Hall–Kier alpha value is -1.09. The van der Waals surface area contributed by atoms with E-state index in [1.807, 2.05) is 13.8 Å². The molecule has 0 saturated heterocycles. The maximum absolute atomic E-state index is 14.1. The Bertz CT molecular complexity index is 384. The van der Waals surface area contributed by atoms with E-state index < -0.39 is 18.3 Å². The maximum Gasteiger partial charge on any atom is 0.152 e. The molecule has 2 rings (SSSR count). The Kier molecular flexibility index (Phi) is 7.73. The van der Waals surface area contributed by atoms with Gasteiger partial charge in [-0.1, -0.05) is 39.5 Å². The Balaban J connectivity index is 0.00000106. The van der Waals surface area contributed by atoms with Crippen LogP contribution in [0.4, 0.5) is 8.78 Å². The van der Waals surface area contributed by atoms with Crippen molar-refractivity contribution in [3.05, 3.63) is 0 Å². The van der Waals surface area contributed by atoms with Gasteiger partial charge in [0.2, 0.25) is 0 Å². The van der Waals surface area contributed by atoms with Crippen LogP contribution in [0.1, 0.15) is 59.3 Å². The molecule has 0 N–H and O–H groups in total. The molecule has 2 atom stereocenters. The van der Waals surface area contributed by atoms with Crippen molar-refractivity contribution in [2.75, 3.05) is 0 Å². The fourth-order valence-electron chi connectivity index (χ4n) is 3.63. The van der Waals surface area contributed by atoms with Gasteiger partial charge in [0.15, 0.2) is 6.07 Å². The molecule has 0 aromatic rings. The monoisotopic (exact) mass is 295 g/mol. The predicted octanol–water partition coefficient (Wildman–Crippen LogP) is 5.07. The van der Waals surface area contributed by atoms with E-state index in [0.717, 1.165) is 18.8 Å². The second-order valence-corrected chi connectivity index (χ2v) is 6.19. The van der Waals surface area contributed by atoms with E-state index in [4.69, 9.17) is 5.26 Å². The quantitative estimate of drug-likeness (QED) is 0.620. The number of hydrogen-bond donors (Lipinski definition) is 0. The van der Waals surface area contributed by atoms with Gasteiger partial charge in [0.25, 0.3) is 0 Å². The topological polar surface area (TPSA) is 23.8 Å². The molecule has 2 unspecified atom stereocenters. The molecular weight excluding hydrogens is 268 g/mol. The SMILES string of the molecule is CC.CC1CCC(C2CC(F)C(C#CC#N)C(F)C2)CC1. The van der Waals surface area contributed by atoms with E-state index in [2.05, 4.69) is 18.8 Å². The van der Waals surface area contributed by atoms with Crippen LogP contribution in [0.15, 0.2) is 0 Å². The zero-order valence-corrected chi connectivity index (χ0v) is 13.4. The first-order chi connectivity index (χ1) is 10.1. The summed E-state index contributed by atoms with van der Waals surface area (Å²) in [7, 11) is 0. The van der Waals surface area contributed by atoms with Crippen molar-refractivity contribution in [2.45, 2.75) is 71.6 Å². The van der Waals surface area contributed by atoms with Crippen LogP contribution in [-0.4, -0.2) is 12.3 Å². The fourth-order valence-corrected chi connectivity index (χ4v) is 3.63. The summed E-state index contributed by atoms with van der Waals surface area (Å²) in [5.74, 6) is 5.11. The number of rotatable bonds is 1. The molecule has 1 nitrogen and oxygen atoms in total. The molecule has 3 heteroatoms. The molecule has 2 saturated carbocycles. The molecule has 2 fully saturated rings. The third-order valence-corrected chi connectivity index (χ3v) is 4.86. The van der Waals surface area contributed by atoms with E-state index in [-0.39, 0.29) is 5.92 Å². The van der Waals surface area contributed by atoms with Crippen molar-refractivity contribution in [3.8, 4) is 17.9 Å². The van der Waals surface area contributed by atoms with Crippen molar-refractivity contribution in [3.63, 3.8) is 0 Å². The molecule has 0 bridgehead atoms. The Morgan fingerprint density at radius 1 is 0.905 bits per heavy atom. The fraction of sp³-hybridized carbons (Fsp3) is 0.833. The number of alkyl halides is 2. The van der Waals surface area contributed by atoms with Gasteiger partial charge >= 0.3 is 0 Å². The lowest BCUT2D eigenvalue weighted by Gasteiger charge is -2.39. The van der Waals surface area contributed by atoms with Crippen molar-refractivity contribution in [2.24, 2.45) is 23.7 Å². The van der Waals surface area contributed by atoms with Crippen molar-refractivity contribution >= 4 is 0 Å². The highest BCUT2D eigenvalue weighted by Gasteiger charge is 2.40. The summed E-state index contributed by atoms with van der Waals surface area (Å²) in [4.78, 5) is 0. The van der Waals surface area contributed by atoms with Crippen LogP contribution >= 0.6 is 0 Å². The highest BCUT2D eigenvalue weighted by Crippen LogP contribution is 2.43. The van der Waals surface area contributed by atoms with E-state index in [0.29, 0.717) is 18.8 Å². The first kappa shape index (κ1) is 18.0. The Labute approximate surface area is 128 Å². The van der Waals surface area contributed by atoms with Gasteiger partial charge in [-0.25, -0.2) is 8.78 Å². The van der Waals surface area contributed by atoms with Gasteiger partial charge in [0.1, 0.15) is 12.3 Å². The van der Waals surface area contributed by atoms with Gasteiger partial charge in [-0.2, -0.15) is 5.26 Å². The molecular formula is C18H27F2N. The van der Waals surface area contributed by atoms with Gasteiger partial charge in [0, 0.05) is 5.92 Å². The van der Waals surface area contributed by atoms with E-state index in [1.54, 1.807) is 6.07 Å². The second-order valence-electron chi connectivity index (χ2n) is 6.19. The van der Waals surface area contributed by atoms with Crippen LogP contribution in [-0.2, 0) is 0 Å². The van der Waals surface area contributed by atoms with Crippen LogP contribution < -0.4 is 0 Å².